The van der Waals surface area contributed by atoms with Crippen LogP contribution in [0.1, 0.15) is 37.5 Å². The number of nitrogens with zero attached hydrogens (tertiary/aromatic N) is 2. The number of carbonyl (C=O) groups excluding carboxylic acids is 1. The monoisotopic (exact) mass is 484 g/mol. The second-order valence-corrected chi connectivity index (χ2v) is 9.15. The summed E-state index contributed by atoms with van der Waals surface area (Å²) in [6.45, 7) is 5.23. The van der Waals surface area contributed by atoms with Crippen molar-refractivity contribution < 1.29 is 22.7 Å². The number of alkyl halides is 3. The van der Waals surface area contributed by atoms with Crippen LogP contribution in [0.25, 0.3) is 0 Å². The van der Waals surface area contributed by atoms with E-state index in [-0.39, 0.29) is 22.6 Å². The molecule has 0 amide bonds. The van der Waals surface area contributed by atoms with E-state index >= 15 is 0 Å². The average Bonchev–Trinajstić information content (AvgIpc) is 3.09. The fourth-order valence-corrected chi connectivity index (χ4v) is 3.73. The zero-order valence-electron chi connectivity index (χ0n) is 17.6. The molecule has 4 nitrogen and oxygen atoms in total. The summed E-state index contributed by atoms with van der Waals surface area (Å²) in [5.41, 5.74) is -2.98. The Balaban J connectivity index is 2.12. The first-order valence-corrected chi connectivity index (χ1v) is 10.4. The van der Waals surface area contributed by atoms with Crippen molar-refractivity contribution >= 4 is 29.2 Å². The number of halogens is 5. The van der Waals surface area contributed by atoms with Gasteiger partial charge in [0.2, 0.25) is 5.54 Å². The van der Waals surface area contributed by atoms with Gasteiger partial charge in [-0.2, -0.15) is 18.3 Å². The number of rotatable bonds is 5. The molecule has 170 valence electrons. The van der Waals surface area contributed by atoms with Gasteiger partial charge >= 0.3 is 12.1 Å². The highest BCUT2D eigenvalue weighted by Gasteiger charge is 2.59. The van der Waals surface area contributed by atoms with E-state index < -0.39 is 23.3 Å². The first-order valence-electron chi connectivity index (χ1n) is 9.67. The van der Waals surface area contributed by atoms with Gasteiger partial charge in [0.15, 0.2) is 0 Å². The Morgan fingerprint density at radius 1 is 0.938 bits per heavy atom. The minimum absolute atomic E-state index is 0.0640. The van der Waals surface area contributed by atoms with Crippen molar-refractivity contribution in [3.8, 4) is 0 Å². The number of ether oxygens (including phenoxy) is 1. The van der Waals surface area contributed by atoms with Crippen molar-refractivity contribution in [2.75, 3.05) is 0 Å². The summed E-state index contributed by atoms with van der Waals surface area (Å²) in [6, 6.07) is 11.0. The van der Waals surface area contributed by atoms with Gasteiger partial charge in [0.05, 0.1) is 17.6 Å². The standard InChI is InChI=1S/C23H21Cl2F3N2O2/c1-21(2,3)32-20(31)12-15-4-6-16(7-5-15)22(23(26,27)28,30-14-19(25)13-29-30)17-8-10-18(24)11-9-17/h4-11,13-14H,12H2,1-3H3. The molecule has 32 heavy (non-hydrogen) atoms. The van der Waals surface area contributed by atoms with E-state index in [0.717, 1.165) is 17.1 Å². The van der Waals surface area contributed by atoms with Crippen LogP contribution in [-0.4, -0.2) is 27.5 Å². The lowest BCUT2D eigenvalue weighted by Crippen LogP contribution is -2.50. The van der Waals surface area contributed by atoms with Crippen LogP contribution in [0, 0.1) is 0 Å². The molecular weight excluding hydrogens is 464 g/mol. The van der Waals surface area contributed by atoms with Gasteiger partial charge in [-0.1, -0.05) is 59.6 Å². The third-order valence-electron chi connectivity index (χ3n) is 4.71. The largest absolute Gasteiger partial charge is 0.460 e. The van der Waals surface area contributed by atoms with Gasteiger partial charge in [-0.15, -0.1) is 0 Å². The fourth-order valence-electron chi connectivity index (χ4n) is 3.47. The molecule has 3 aromatic rings. The Labute approximate surface area is 193 Å². The molecule has 0 aliphatic rings. The van der Waals surface area contributed by atoms with Gasteiger partial charge in [-0.05, 0) is 49.6 Å². The zero-order chi connectivity index (χ0) is 23.7. The Bertz CT molecular complexity index is 1090. The quantitative estimate of drug-likeness (QED) is 0.392. The number of esters is 1. The summed E-state index contributed by atoms with van der Waals surface area (Å²) in [7, 11) is 0. The first-order chi connectivity index (χ1) is 14.8. The van der Waals surface area contributed by atoms with E-state index in [2.05, 4.69) is 5.10 Å². The summed E-state index contributed by atoms with van der Waals surface area (Å²) in [4.78, 5) is 12.1. The molecule has 3 rings (SSSR count). The van der Waals surface area contributed by atoms with Gasteiger partial charge in [-0.25, -0.2) is 4.68 Å². The SMILES string of the molecule is CC(C)(C)OC(=O)Cc1ccc(C(c2ccc(Cl)cc2)(n2cc(Cl)cn2)C(F)(F)F)cc1. The minimum atomic E-state index is -4.79. The molecule has 0 spiro atoms. The molecule has 1 heterocycles. The first kappa shape index (κ1) is 24.1. The molecule has 9 heteroatoms. The number of aromatic nitrogens is 2. The summed E-state index contributed by atoms with van der Waals surface area (Å²) in [5, 5.41) is 4.26. The molecule has 1 unspecified atom stereocenters. The molecule has 0 saturated carbocycles. The molecule has 0 aliphatic carbocycles. The summed E-state index contributed by atoms with van der Waals surface area (Å²) >= 11 is 11.8. The Morgan fingerprint density at radius 2 is 1.47 bits per heavy atom. The van der Waals surface area contributed by atoms with E-state index in [9.17, 15) is 18.0 Å². The molecule has 0 bridgehead atoms. The Kier molecular flexibility index (Phi) is 6.63. The lowest BCUT2D eigenvalue weighted by Gasteiger charge is -2.37. The lowest BCUT2D eigenvalue weighted by atomic mass is 9.81. The van der Waals surface area contributed by atoms with Crippen LogP contribution in [0.3, 0.4) is 0 Å². The zero-order valence-corrected chi connectivity index (χ0v) is 19.1. The van der Waals surface area contributed by atoms with Gasteiger partial charge < -0.3 is 4.74 Å². The van der Waals surface area contributed by atoms with Crippen molar-refractivity contribution in [1.29, 1.82) is 0 Å². The van der Waals surface area contributed by atoms with E-state index in [0.29, 0.717) is 10.6 Å². The van der Waals surface area contributed by atoms with Crippen molar-refractivity contribution in [3.05, 3.63) is 87.7 Å². The summed E-state index contributed by atoms with van der Waals surface area (Å²) < 4.78 is 50.6. The highest BCUT2D eigenvalue weighted by molar-refractivity contribution is 6.30. The molecule has 0 N–H and O–H groups in total. The molecule has 0 saturated heterocycles. The van der Waals surface area contributed by atoms with Crippen LogP contribution < -0.4 is 0 Å². The van der Waals surface area contributed by atoms with Crippen molar-refractivity contribution in [3.63, 3.8) is 0 Å². The van der Waals surface area contributed by atoms with Crippen LogP contribution >= 0.6 is 23.2 Å². The topological polar surface area (TPSA) is 44.1 Å². The molecule has 1 atom stereocenters. The maximum absolute atomic E-state index is 14.8. The molecule has 1 aromatic heterocycles. The van der Waals surface area contributed by atoms with E-state index in [1.54, 1.807) is 20.8 Å². The predicted octanol–water partition coefficient (Wildman–Crippen LogP) is 6.43. The lowest BCUT2D eigenvalue weighted by molar-refractivity contribution is -0.189. The van der Waals surface area contributed by atoms with Crippen LogP contribution in [-0.2, 0) is 21.5 Å². The molecule has 2 aromatic carbocycles. The number of hydrogen-bond donors (Lipinski definition) is 0. The summed E-state index contributed by atoms with van der Waals surface area (Å²) in [6.07, 6.45) is -2.58. The minimum Gasteiger partial charge on any atom is -0.460 e. The van der Waals surface area contributed by atoms with E-state index in [4.69, 9.17) is 27.9 Å². The van der Waals surface area contributed by atoms with Crippen molar-refractivity contribution in [1.82, 2.24) is 9.78 Å². The van der Waals surface area contributed by atoms with Crippen LogP contribution in [0.5, 0.6) is 0 Å². The fraction of sp³-hybridized carbons (Fsp3) is 0.304. The van der Waals surface area contributed by atoms with Crippen LogP contribution in [0.4, 0.5) is 13.2 Å². The second kappa shape index (κ2) is 8.79. The van der Waals surface area contributed by atoms with Crippen molar-refractivity contribution in [2.45, 2.75) is 44.5 Å². The molecule has 0 radical (unpaired) electrons. The predicted molar refractivity (Wildman–Crippen MR) is 117 cm³/mol. The normalized spacial score (nSPS) is 14.1. The van der Waals surface area contributed by atoms with Crippen LogP contribution in [0.2, 0.25) is 10.0 Å². The molecule has 0 aliphatic heterocycles. The molecule has 0 fully saturated rings. The van der Waals surface area contributed by atoms with E-state index in [1.165, 1.54) is 48.5 Å². The second-order valence-electron chi connectivity index (χ2n) is 8.28. The van der Waals surface area contributed by atoms with Crippen molar-refractivity contribution in [2.24, 2.45) is 0 Å². The molecular formula is C23H21Cl2F3N2O2. The van der Waals surface area contributed by atoms with Gasteiger partial charge in [0, 0.05) is 11.2 Å². The number of benzene rings is 2. The van der Waals surface area contributed by atoms with Gasteiger partial charge in [-0.3, -0.25) is 4.79 Å². The van der Waals surface area contributed by atoms with Crippen LogP contribution in [0.15, 0.2) is 60.9 Å². The van der Waals surface area contributed by atoms with E-state index in [1.807, 2.05) is 0 Å². The third-order valence-corrected chi connectivity index (χ3v) is 5.15. The average molecular weight is 485 g/mol. The highest BCUT2D eigenvalue weighted by atomic mass is 35.5. The Hall–Kier alpha value is -2.51. The number of carbonyl (C=O) groups is 1. The summed E-state index contributed by atoms with van der Waals surface area (Å²) in [5.74, 6) is -0.469. The number of hydrogen-bond acceptors (Lipinski definition) is 3. The van der Waals surface area contributed by atoms with Gasteiger partial charge in [0.1, 0.15) is 5.60 Å². The smallest absolute Gasteiger partial charge is 0.422 e. The van der Waals surface area contributed by atoms with Gasteiger partial charge in [0.25, 0.3) is 0 Å². The Morgan fingerprint density at radius 3 is 1.91 bits per heavy atom. The third kappa shape index (κ3) is 4.94. The maximum atomic E-state index is 14.8. The maximum Gasteiger partial charge on any atom is 0.422 e. The highest BCUT2D eigenvalue weighted by Crippen LogP contribution is 2.47.